The summed E-state index contributed by atoms with van der Waals surface area (Å²) in [4.78, 5) is 24.7. The largest absolute Gasteiger partial charge is 0.448 e. The van der Waals surface area contributed by atoms with Crippen molar-refractivity contribution in [3.05, 3.63) is 22.5 Å². The van der Waals surface area contributed by atoms with Crippen LogP contribution in [0.2, 0.25) is 0 Å². The lowest BCUT2D eigenvalue weighted by Gasteiger charge is -2.37. The molecule has 0 radical (unpaired) electrons. The molecule has 2 N–H and O–H groups in total. The normalized spacial score (nSPS) is 29.3. The van der Waals surface area contributed by atoms with Crippen molar-refractivity contribution in [1.82, 2.24) is 10.6 Å². The van der Waals surface area contributed by atoms with Crippen molar-refractivity contribution < 1.29 is 28.2 Å². The van der Waals surface area contributed by atoms with E-state index in [2.05, 4.69) is 10.6 Å². The van der Waals surface area contributed by atoms with Gasteiger partial charge in [0, 0.05) is 42.0 Å². The summed E-state index contributed by atoms with van der Waals surface area (Å²) in [6, 6.07) is 0.0210. The standard InChI is InChI=1S/C25H33FN2O5/c1-13-16-17(25(10-11-25)12-27-21(16)29)18(26)20-19(13)31-24(5,32-20)14-6-8-15(9-7-14)28-22(30)33-23(2,3)4/h14-15H,6-12H2,1-5H3,(H,27,29)(H,28,30)/t14-,15-,24?. The second-order valence-electron chi connectivity index (χ2n) is 11.2. The number of alkyl carbamates (subject to hydrolysis) is 1. The van der Waals surface area contributed by atoms with Gasteiger partial charge in [0.05, 0.1) is 5.56 Å². The van der Waals surface area contributed by atoms with Gasteiger partial charge in [-0.1, -0.05) is 0 Å². The van der Waals surface area contributed by atoms with Gasteiger partial charge in [0.15, 0.2) is 11.6 Å². The van der Waals surface area contributed by atoms with Crippen LogP contribution in [0.25, 0.3) is 0 Å². The quantitative estimate of drug-likeness (QED) is 0.680. The third-order valence-electron chi connectivity index (χ3n) is 7.59. The number of hydrogen-bond acceptors (Lipinski definition) is 5. The van der Waals surface area contributed by atoms with Crippen LogP contribution in [-0.2, 0) is 10.2 Å². The van der Waals surface area contributed by atoms with E-state index in [1.165, 1.54) is 0 Å². The molecule has 1 atom stereocenters. The topological polar surface area (TPSA) is 85.9 Å². The van der Waals surface area contributed by atoms with E-state index in [1.54, 1.807) is 0 Å². The van der Waals surface area contributed by atoms with Crippen molar-refractivity contribution in [2.24, 2.45) is 5.92 Å². The lowest BCUT2D eigenvalue weighted by atomic mass is 9.81. The SMILES string of the molecule is Cc1c2c(c(F)c3c1C(=O)NCC31CC1)OC(C)([C@H]1CC[C@H](NC(=O)OC(C)(C)C)CC1)O2. The fourth-order valence-corrected chi connectivity index (χ4v) is 5.62. The lowest BCUT2D eigenvalue weighted by Crippen LogP contribution is -2.48. The smallest absolute Gasteiger partial charge is 0.407 e. The zero-order chi connectivity index (χ0) is 23.8. The Hall–Kier alpha value is -2.51. The Morgan fingerprint density at radius 1 is 1.15 bits per heavy atom. The van der Waals surface area contributed by atoms with Crippen LogP contribution in [0.15, 0.2) is 0 Å². The predicted octanol–water partition coefficient (Wildman–Crippen LogP) is 4.48. The van der Waals surface area contributed by atoms with E-state index in [-0.39, 0.29) is 29.0 Å². The maximum atomic E-state index is 15.7. The first-order chi connectivity index (χ1) is 15.4. The number of fused-ring (bicyclic) bond motifs is 3. The molecule has 2 amide bonds. The van der Waals surface area contributed by atoms with Gasteiger partial charge in [0.1, 0.15) is 5.60 Å². The Bertz CT molecular complexity index is 1020. The minimum atomic E-state index is -1.01. The van der Waals surface area contributed by atoms with Gasteiger partial charge < -0.3 is 24.8 Å². The molecular weight excluding hydrogens is 427 g/mol. The molecule has 2 saturated carbocycles. The van der Waals surface area contributed by atoms with Crippen LogP contribution in [0.3, 0.4) is 0 Å². The number of carbonyl (C=O) groups is 2. The summed E-state index contributed by atoms with van der Waals surface area (Å²) in [7, 11) is 0. The van der Waals surface area contributed by atoms with Gasteiger partial charge in [-0.05, 0) is 66.2 Å². The Morgan fingerprint density at radius 2 is 1.79 bits per heavy atom. The second kappa shape index (κ2) is 7.24. The average molecular weight is 461 g/mol. The lowest BCUT2D eigenvalue weighted by molar-refractivity contribution is -0.122. The summed E-state index contributed by atoms with van der Waals surface area (Å²) in [6.07, 6.45) is 4.35. The average Bonchev–Trinajstić information content (AvgIpc) is 3.40. The first-order valence-electron chi connectivity index (χ1n) is 11.9. The molecule has 8 heteroatoms. The van der Waals surface area contributed by atoms with Crippen LogP contribution in [0.5, 0.6) is 11.5 Å². The minimum absolute atomic E-state index is 0.0210. The molecule has 0 saturated heterocycles. The van der Waals surface area contributed by atoms with Gasteiger partial charge in [0.25, 0.3) is 11.7 Å². The zero-order valence-electron chi connectivity index (χ0n) is 20.0. The number of carbonyl (C=O) groups excluding carboxylic acids is 2. The molecular formula is C25H33FN2O5. The summed E-state index contributed by atoms with van der Waals surface area (Å²) in [6.45, 7) is 9.65. The molecule has 180 valence electrons. The molecule has 2 heterocycles. The molecule has 2 aliphatic carbocycles. The highest BCUT2D eigenvalue weighted by Gasteiger charge is 2.55. The van der Waals surface area contributed by atoms with E-state index >= 15 is 4.39 Å². The highest BCUT2D eigenvalue weighted by Crippen LogP contribution is 2.58. The summed E-state index contributed by atoms with van der Waals surface area (Å²) in [5.41, 5.74) is 0.715. The van der Waals surface area contributed by atoms with Crippen molar-refractivity contribution in [2.45, 2.75) is 96.0 Å². The Balaban J connectivity index is 1.32. The second-order valence-corrected chi connectivity index (χ2v) is 11.2. The molecule has 1 unspecified atom stereocenters. The van der Waals surface area contributed by atoms with Crippen LogP contribution in [-0.4, -0.2) is 36.0 Å². The Morgan fingerprint density at radius 3 is 2.39 bits per heavy atom. The monoisotopic (exact) mass is 460 g/mol. The molecule has 2 aliphatic heterocycles. The summed E-state index contributed by atoms with van der Waals surface area (Å²) in [5, 5.41) is 5.87. The maximum Gasteiger partial charge on any atom is 0.407 e. The maximum absolute atomic E-state index is 15.7. The van der Waals surface area contributed by atoms with Crippen LogP contribution in [0, 0.1) is 18.7 Å². The predicted molar refractivity (Wildman–Crippen MR) is 119 cm³/mol. The van der Waals surface area contributed by atoms with E-state index in [9.17, 15) is 9.59 Å². The molecule has 0 aromatic heterocycles. The van der Waals surface area contributed by atoms with Gasteiger partial charge in [-0.2, -0.15) is 0 Å². The van der Waals surface area contributed by atoms with Crippen LogP contribution < -0.4 is 20.1 Å². The van der Waals surface area contributed by atoms with Crippen LogP contribution >= 0.6 is 0 Å². The highest BCUT2D eigenvalue weighted by atomic mass is 19.1. The van der Waals surface area contributed by atoms with Crippen LogP contribution in [0.4, 0.5) is 9.18 Å². The van der Waals surface area contributed by atoms with E-state index in [0.29, 0.717) is 29.0 Å². The van der Waals surface area contributed by atoms with Crippen molar-refractivity contribution in [3.8, 4) is 11.5 Å². The number of hydrogen-bond donors (Lipinski definition) is 2. The third kappa shape index (κ3) is 3.71. The van der Waals surface area contributed by atoms with Crippen molar-refractivity contribution in [3.63, 3.8) is 0 Å². The number of halogens is 1. The number of nitrogens with one attached hydrogen (secondary N) is 2. The first-order valence-corrected chi connectivity index (χ1v) is 11.9. The van der Waals surface area contributed by atoms with Gasteiger partial charge in [-0.3, -0.25) is 4.79 Å². The molecule has 7 nitrogen and oxygen atoms in total. The van der Waals surface area contributed by atoms with E-state index in [0.717, 1.165) is 38.5 Å². The number of amides is 2. The summed E-state index contributed by atoms with van der Waals surface area (Å²) in [5.74, 6) is -1.18. The van der Waals surface area contributed by atoms with Gasteiger partial charge in [-0.15, -0.1) is 0 Å². The van der Waals surface area contributed by atoms with Crippen LogP contribution in [0.1, 0.15) is 87.7 Å². The molecule has 33 heavy (non-hydrogen) atoms. The third-order valence-corrected chi connectivity index (χ3v) is 7.59. The Labute approximate surface area is 193 Å². The molecule has 1 spiro atoms. The summed E-state index contributed by atoms with van der Waals surface area (Å²) >= 11 is 0. The molecule has 2 fully saturated rings. The van der Waals surface area contributed by atoms with Gasteiger partial charge >= 0.3 is 6.09 Å². The highest BCUT2D eigenvalue weighted by molar-refractivity contribution is 6.00. The van der Waals surface area contributed by atoms with Crippen molar-refractivity contribution >= 4 is 12.0 Å². The molecule has 1 aromatic carbocycles. The molecule has 5 rings (SSSR count). The Kier molecular flexibility index (Phi) is 4.89. The molecule has 0 bridgehead atoms. The van der Waals surface area contributed by atoms with Gasteiger partial charge in [-0.25, -0.2) is 9.18 Å². The fourth-order valence-electron chi connectivity index (χ4n) is 5.62. The number of ether oxygens (including phenoxy) is 3. The fraction of sp³-hybridized carbons (Fsp3) is 0.680. The molecule has 1 aromatic rings. The van der Waals surface area contributed by atoms with Crippen molar-refractivity contribution in [1.29, 1.82) is 0 Å². The van der Waals surface area contributed by atoms with Gasteiger partial charge in [0.2, 0.25) is 5.75 Å². The molecule has 4 aliphatic rings. The van der Waals surface area contributed by atoms with E-state index < -0.39 is 23.3 Å². The van der Waals surface area contributed by atoms with Crippen molar-refractivity contribution in [2.75, 3.05) is 6.54 Å². The number of rotatable bonds is 2. The number of benzene rings is 1. The zero-order valence-corrected chi connectivity index (χ0v) is 20.0. The summed E-state index contributed by atoms with van der Waals surface area (Å²) < 4.78 is 33.6. The first kappa shape index (κ1) is 22.3. The minimum Gasteiger partial charge on any atom is -0.448 e. The van der Waals surface area contributed by atoms with E-state index in [4.69, 9.17) is 14.2 Å². The van der Waals surface area contributed by atoms with E-state index in [1.807, 2.05) is 34.6 Å².